The first-order valence-corrected chi connectivity index (χ1v) is 6.44. The molecule has 0 radical (unpaired) electrons. The SMILES string of the molecule is CC(=O)c1ccc(C(=O)NCC2=CCNCC2)cc1.Cl. The number of nitrogens with one attached hydrogen (secondary N) is 2. The van der Waals surface area contributed by atoms with Crippen molar-refractivity contribution < 1.29 is 9.59 Å². The van der Waals surface area contributed by atoms with Gasteiger partial charge in [-0.1, -0.05) is 23.8 Å². The van der Waals surface area contributed by atoms with Crippen LogP contribution >= 0.6 is 12.4 Å². The van der Waals surface area contributed by atoms with Crippen LogP contribution in [0.5, 0.6) is 0 Å². The van der Waals surface area contributed by atoms with Gasteiger partial charge in [0.1, 0.15) is 0 Å². The van der Waals surface area contributed by atoms with Gasteiger partial charge in [0.25, 0.3) is 5.91 Å². The Bertz CT molecular complexity index is 509. The molecule has 5 heteroatoms. The van der Waals surface area contributed by atoms with Crippen molar-refractivity contribution in [2.24, 2.45) is 0 Å². The lowest BCUT2D eigenvalue weighted by Gasteiger charge is -2.14. The van der Waals surface area contributed by atoms with Crippen molar-refractivity contribution in [3.8, 4) is 0 Å². The summed E-state index contributed by atoms with van der Waals surface area (Å²) in [6, 6.07) is 6.73. The van der Waals surface area contributed by atoms with Gasteiger partial charge < -0.3 is 10.6 Å². The quantitative estimate of drug-likeness (QED) is 0.659. The van der Waals surface area contributed by atoms with Crippen molar-refractivity contribution >= 4 is 24.1 Å². The van der Waals surface area contributed by atoms with Gasteiger partial charge >= 0.3 is 0 Å². The molecule has 2 rings (SSSR count). The number of carbonyl (C=O) groups excluding carboxylic acids is 2. The molecule has 0 saturated carbocycles. The van der Waals surface area contributed by atoms with E-state index in [2.05, 4.69) is 16.7 Å². The number of carbonyl (C=O) groups is 2. The summed E-state index contributed by atoms with van der Waals surface area (Å²) < 4.78 is 0. The minimum atomic E-state index is -0.102. The molecule has 0 fully saturated rings. The minimum Gasteiger partial charge on any atom is -0.348 e. The summed E-state index contributed by atoms with van der Waals surface area (Å²) >= 11 is 0. The molecule has 0 spiro atoms. The van der Waals surface area contributed by atoms with Gasteiger partial charge in [-0.15, -0.1) is 12.4 Å². The Hall–Kier alpha value is -1.65. The second-order valence-electron chi connectivity index (χ2n) is 4.63. The average molecular weight is 295 g/mol. The van der Waals surface area contributed by atoms with Crippen LogP contribution in [0.2, 0.25) is 0 Å². The maximum atomic E-state index is 11.9. The van der Waals surface area contributed by atoms with Crippen molar-refractivity contribution in [2.45, 2.75) is 13.3 Å². The molecule has 1 aliphatic heterocycles. The Balaban J connectivity index is 0.00000200. The van der Waals surface area contributed by atoms with E-state index >= 15 is 0 Å². The third kappa shape index (κ3) is 4.47. The summed E-state index contributed by atoms with van der Waals surface area (Å²) in [5.74, 6) is -0.0960. The molecule has 108 valence electrons. The first-order valence-electron chi connectivity index (χ1n) is 6.44. The minimum absolute atomic E-state index is 0. The predicted octanol–water partition coefficient (Wildman–Crippen LogP) is 1.96. The van der Waals surface area contributed by atoms with Crippen LogP contribution in [0.1, 0.15) is 34.1 Å². The zero-order chi connectivity index (χ0) is 13.7. The second kappa shape index (κ2) is 7.82. The number of hydrogen-bond acceptors (Lipinski definition) is 3. The zero-order valence-electron chi connectivity index (χ0n) is 11.4. The summed E-state index contributed by atoms with van der Waals surface area (Å²) in [4.78, 5) is 23.1. The van der Waals surface area contributed by atoms with E-state index in [1.807, 2.05) is 0 Å². The standard InChI is InChI=1S/C15H18N2O2.ClH/c1-11(18)13-2-4-14(5-3-13)15(19)17-10-12-6-8-16-9-7-12;/h2-6,16H,7-10H2,1H3,(H,17,19);1H. The molecule has 1 amide bonds. The molecular weight excluding hydrogens is 276 g/mol. The number of Topliss-reactive ketones (excluding diaryl/α,β-unsaturated/α-hetero) is 1. The van der Waals surface area contributed by atoms with Crippen LogP contribution in [-0.4, -0.2) is 31.3 Å². The number of rotatable bonds is 4. The summed E-state index contributed by atoms with van der Waals surface area (Å²) in [5, 5.41) is 6.13. The average Bonchev–Trinajstić information content (AvgIpc) is 2.46. The predicted molar refractivity (Wildman–Crippen MR) is 81.6 cm³/mol. The molecule has 0 aliphatic carbocycles. The van der Waals surface area contributed by atoms with Crippen molar-refractivity contribution in [1.82, 2.24) is 10.6 Å². The van der Waals surface area contributed by atoms with E-state index in [1.165, 1.54) is 12.5 Å². The van der Waals surface area contributed by atoms with Gasteiger partial charge in [0, 0.05) is 24.2 Å². The van der Waals surface area contributed by atoms with Crippen molar-refractivity contribution in [3.05, 3.63) is 47.0 Å². The number of ketones is 1. The molecule has 1 aromatic carbocycles. The van der Waals surface area contributed by atoms with Crippen LogP contribution in [0.4, 0.5) is 0 Å². The second-order valence-corrected chi connectivity index (χ2v) is 4.63. The fraction of sp³-hybridized carbons (Fsp3) is 0.333. The Labute approximate surface area is 125 Å². The smallest absolute Gasteiger partial charge is 0.251 e. The summed E-state index contributed by atoms with van der Waals surface area (Å²) in [5.41, 5.74) is 2.46. The Morgan fingerprint density at radius 3 is 2.40 bits per heavy atom. The fourth-order valence-corrected chi connectivity index (χ4v) is 1.98. The topological polar surface area (TPSA) is 58.2 Å². The van der Waals surface area contributed by atoms with E-state index in [4.69, 9.17) is 0 Å². The highest BCUT2D eigenvalue weighted by Crippen LogP contribution is 2.06. The number of hydrogen-bond donors (Lipinski definition) is 2. The number of benzene rings is 1. The maximum Gasteiger partial charge on any atom is 0.251 e. The molecule has 1 aliphatic rings. The fourth-order valence-electron chi connectivity index (χ4n) is 1.98. The number of halogens is 1. The van der Waals surface area contributed by atoms with Gasteiger partial charge in [-0.3, -0.25) is 9.59 Å². The highest BCUT2D eigenvalue weighted by atomic mass is 35.5. The Morgan fingerprint density at radius 2 is 1.85 bits per heavy atom. The van der Waals surface area contributed by atoms with E-state index < -0.39 is 0 Å². The molecule has 0 aromatic heterocycles. The molecule has 0 unspecified atom stereocenters. The Kier molecular flexibility index (Phi) is 6.42. The van der Waals surface area contributed by atoms with E-state index in [0.29, 0.717) is 17.7 Å². The molecule has 20 heavy (non-hydrogen) atoms. The summed E-state index contributed by atoms with van der Waals surface area (Å²) in [7, 11) is 0. The first-order chi connectivity index (χ1) is 9.16. The maximum absolute atomic E-state index is 11.9. The number of amides is 1. The normalized spacial score (nSPS) is 13.9. The lowest BCUT2D eigenvalue weighted by Crippen LogP contribution is -2.29. The van der Waals surface area contributed by atoms with E-state index in [1.54, 1.807) is 24.3 Å². The molecule has 1 heterocycles. The van der Waals surface area contributed by atoms with Crippen LogP contribution in [-0.2, 0) is 0 Å². The van der Waals surface area contributed by atoms with Crippen molar-refractivity contribution in [1.29, 1.82) is 0 Å². The summed E-state index contributed by atoms with van der Waals surface area (Å²) in [6.45, 7) is 3.95. The van der Waals surface area contributed by atoms with Crippen molar-refractivity contribution in [2.75, 3.05) is 19.6 Å². The highest BCUT2D eigenvalue weighted by Gasteiger charge is 2.08. The van der Waals surface area contributed by atoms with Crippen LogP contribution in [0.15, 0.2) is 35.9 Å². The third-order valence-corrected chi connectivity index (χ3v) is 3.19. The van der Waals surface area contributed by atoms with Gasteiger partial charge in [0.15, 0.2) is 5.78 Å². The van der Waals surface area contributed by atoms with E-state index in [-0.39, 0.29) is 24.1 Å². The van der Waals surface area contributed by atoms with Gasteiger partial charge in [0.2, 0.25) is 0 Å². The largest absolute Gasteiger partial charge is 0.348 e. The van der Waals surface area contributed by atoms with Crippen LogP contribution in [0.3, 0.4) is 0 Å². The van der Waals surface area contributed by atoms with Crippen molar-refractivity contribution in [3.63, 3.8) is 0 Å². The Morgan fingerprint density at radius 1 is 1.20 bits per heavy atom. The lowest BCUT2D eigenvalue weighted by atomic mass is 10.1. The van der Waals surface area contributed by atoms with Gasteiger partial charge in [-0.2, -0.15) is 0 Å². The van der Waals surface area contributed by atoms with Crippen LogP contribution in [0.25, 0.3) is 0 Å². The van der Waals surface area contributed by atoms with Gasteiger partial charge in [0.05, 0.1) is 0 Å². The van der Waals surface area contributed by atoms with Gasteiger partial charge in [-0.05, 0) is 32.0 Å². The summed E-state index contributed by atoms with van der Waals surface area (Å²) in [6.07, 6.45) is 3.09. The third-order valence-electron chi connectivity index (χ3n) is 3.19. The molecule has 0 bridgehead atoms. The van der Waals surface area contributed by atoms with E-state index in [0.717, 1.165) is 19.5 Å². The van der Waals surface area contributed by atoms with Crippen LogP contribution in [0, 0.1) is 0 Å². The molecule has 0 saturated heterocycles. The lowest BCUT2D eigenvalue weighted by molar-refractivity contribution is 0.0954. The zero-order valence-corrected chi connectivity index (χ0v) is 12.3. The first kappa shape index (κ1) is 16.4. The van der Waals surface area contributed by atoms with Gasteiger partial charge in [-0.25, -0.2) is 0 Å². The molecule has 2 N–H and O–H groups in total. The molecular formula is C15H19ClN2O2. The highest BCUT2D eigenvalue weighted by molar-refractivity contribution is 5.97. The molecule has 1 aromatic rings. The van der Waals surface area contributed by atoms with E-state index in [9.17, 15) is 9.59 Å². The molecule has 0 atom stereocenters. The monoisotopic (exact) mass is 294 g/mol. The molecule has 4 nitrogen and oxygen atoms in total. The van der Waals surface area contributed by atoms with Crippen LogP contribution < -0.4 is 10.6 Å².